The van der Waals surface area contributed by atoms with Gasteiger partial charge in [0.1, 0.15) is 12.1 Å². The summed E-state index contributed by atoms with van der Waals surface area (Å²) in [4.78, 5) is 48.1. The SMILES string of the molecule is Cc1ccc(C(C)(C)C(=O)N[C@H](C(=O)N[C@H](CCC(=O)O)C(=O)O)C(C)(C)C)cc1. The number of nitrogens with one attached hydrogen (secondary N) is 2. The molecule has 1 aromatic rings. The molecule has 0 saturated heterocycles. The first-order valence-electron chi connectivity index (χ1n) is 9.79. The summed E-state index contributed by atoms with van der Waals surface area (Å²) in [6.07, 6.45) is -0.652. The van der Waals surface area contributed by atoms with Crippen LogP contribution in [0.5, 0.6) is 0 Å². The molecular formula is C22H32N2O6. The first kappa shape index (κ1) is 25.1. The Balaban J connectivity index is 3.04. The van der Waals surface area contributed by atoms with Crippen LogP contribution >= 0.6 is 0 Å². The number of aliphatic carboxylic acids is 2. The van der Waals surface area contributed by atoms with Crippen molar-refractivity contribution in [1.82, 2.24) is 10.6 Å². The van der Waals surface area contributed by atoms with Gasteiger partial charge in [-0.2, -0.15) is 0 Å². The van der Waals surface area contributed by atoms with Crippen molar-refractivity contribution >= 4 is 23.8 Å². The second-order valence-electron chi connectivity index (χ2n) is 9.10. The molecule has 1 rings (SSSR count). The molecule has 0 saturated carbocycles. The highest BCUT2D eigenvalue weighted by Crippen LogP contribution is 2.26. The summed E-state index contributed by atoms with van der Waals surface area (Å²) in [7, 11) is 0. The quantitative estimate of drug-likeness (QED) is 0.484. The van der Waals surface area contributed by atoms with Crippen LogP contribution in [0.4, 0.5) is 0 Å². The molecule has 0 bridgehead atoms. The van der Waals surface area contributed by atoms with E-state index in [-0.39, 0.29) is 12.3 Å². The topological polar surface area (TPSA) is 133 Å². The van der Waals surface area contributed by atoms with Crippen molar-refractivity contribution in [3.8, 4) is 0 Å². The zero-order chi connectivity index (χ0) is 23.3. The summed E-state index contributed by atoms with van der Waals surface area (Å²) < 4.78 is 0. The van der Waals surface area contributed by atoms with Gasteiger partial charge in [0.2, 0.25) is 11.8 Å². The number of hydrogen-bond donors (Lipinski definition) is 4. The van der Waals surface area contributed by atoms with Gasteiger partial charge in [0.15, 0.2) is 0 Å². The van der Waals surface area contributed by atoms with E-state index < -0.39 is 47.2 Å². The highest BCUT2D eigenvalue weighted by atomic mass is 16.4. The highest BCUT2D eigenvalue weighted by Gasteiger charge is 2.39. The fourth-order valence-corrected chi connectivity index (χ4v) is 2.87. The lowest BCUT2D eigenvalue weighted by atomic mass is 9.81. The Kier molecular flexibility index (Phi) is 8.16. The molecule has 0 unspecified atom stereocenters. The van der Waals surface area contributed by atoms with Crippen molar-refractivity contribution in [2.45, 2.75) is 71.9 Å². The Morgan fingerprint density at radius 2 is 1.47 bits per heavy atom. The molecule has 0 fully saturated rings. The van der Waals surface area contributed by atoms with Crippen molar-refractivity contribution in [2.24, 2.45) is 5.41 Å². The van der Waals surface area contributed by atoms with Crippen molar-refractivity contribution in [2.75, 3.05) is 0 Å². The van der Waals surface area contributed by atoms with Gasteiger partial charge in [-0.05, 0) is 38.2 Å². The third-order valence-corrected chi connectivity index (χ3v) is 5.01. The minimum absolute atomic E-state index is 0.254. The summed E-state index contributed by atoms with van der Waals surface area (Å²) in [5, 5.41) is 23.2. The molecule has 1 aromatic carbocycles. The summed E-state index contributed by atoms with van der Waals surface area (Å²) in [6, 6.07) is 5.14. The van der Waals surface area contributed by atoms with E-state index in [1.54, 1.807) is 34.6 Å². The molecule has 4 N–H and O–H groups in total. The molecular weight excluding hydrogens is 388 g/mol. The van der Waals surface area contributed by atoms with Crippen LogP contribution in [-0.4, -0.2) is 46.0 Å². The lowest BCUT2D eigenvalue weighted by molar-refractivity contribution is -0.144. The molecule has 0 radical (unpaired) electrons. The number of carboxylic acids is 2. The minimum atomic E-state index is -1.36. The van der Waals surface area contributed by atoms with Crippen molar-refractivity contribution in [3.63, 3.8) is 0 Å². The standard InChI is InChI=1S/C22H32N2O6/c1-13-7-9-14(10-8-13)22(5,6)20(30)24-17(21(2,3)4)18(27)23-15(19(28)29)11-12-16(25)26/h7-10,15,17H,11-12H2,1-6H3,(H,23,27)(H,24,30)(H,25,26)(H,28,29)/t15-,17-/m1/s1. The molecule has 2 atom stereocenters. The Morgan fingerprint density at radius 3 is 1.90 bits per heavy atom. The molecule has 0 heterocycles. The van der Waals surface area contributed by atoms with Gasteiger partial charge in [0.05, 0.1) is 5.41 Å². The molecule has 0 aromatic heterocycles. The Morgan fingerprint density at radius 1 is 0.933 bits per heavy atom. The number of carbonyl (C=O) groups is 4. The Bertz CT molecular complexity index is 793. The minimum Gasteiger partial charge on any atom is -0.481 e. The van der Waals surface area contributed by atoms with Gasteiger partial charge >= 0.3 is 11.9 Å². The molecule has 0 aliphatic carbocycles. The van der Waals surface area contributed by atoms with Crippen LogP contribution in [0.1, 0.15) is 58.6 Å². The number of benzene rings is 1. The number of carbonyl (C=O) groups excluding carboxylic acids is 2. The molecule has 0 aliphatic heterocycles. The molecule has 30 heavy (non-hydrogen) atoms. The first-order chi connectivity index (χ1) is 13.7. The third-order valence-electron chi connectivity index (χ3n) is 5.01. The van der Waals surface area contributed by atoms with Gasteiger partial charge in [-0.3, -0.25) is 14.4 Å². The molecule has 166 valence electrons. The van der Waals surface area contributed by atoms with E-state index in [2.05, 4.69) is 10.6 Å². The van der Waals surface area contributed by atoms with E-state index in [1.165, 1.54) is 0 Å². The summed E-state index contributed by atoms with van der Waals surface area (Å²) >= 11 is 0. The van der Waals surface area contributed by atoms with Gasteiger partial charge < -0.3 is 20.8 Å². The van der Waals surface area contributed by atoms with Crippen LogP contribution in [0.25, 0.3) is 0 Å². The molecule has 8 heteroatoms. The van der Waals surface area contributed by atoms with Crippen LogP contribution in [0, 0.1) is 12.3 Å². The average Bonchev–Trinajstić information content (AvgIpc) is 2.61. The number of amides is 2. The highest BCUT2D eigenvalue weighted by molar-refractivity contribution is 5.94. The van der Waals surface area contributed by atoms with Crippen molar-refractivity contribution in [3.05, 3.63) is 35.4 Å². The van der Waals surface area contributed by atoms with Gasteiger partial charge in [-0.25, -0.2) is 4.79 Å². The molecule has 8 nitrogen and oxygen atoms in total. The molecule has 0 spiro atoms. The maximum Gasteiger partial charge on any atom is 0.326 e. The van der Waals surface area contributed by atoms with E-state index >= 15 is 0 Å². The number of rotatable bonds is 9. The fraction of sp³-hybridized carbons (Fsp3) is 0.545. The molecule has 0 aliphatic rings. The van der Waals surface area contributed by atoms with Crippen LogP contribution in [0.15, 0.2) is 24.3 Å². The van der Waals surface area contributed by atoms with Crippen LogP contribution < -0.4 is 10.6 Å². The normalized spacial score (nSPS) is 13.8. The zero-order valence-electron chi connectivity index (χ0n) is 18.4. The van der Waals surface area contributed by atoms with Crippen molar-refractivity contribution in [1.29, 1.82) is 0 Å². The maximum absolute atomic E-state index is 13.1. The van der Waals surface area contributed by atoms with Gasteiger partial charge in [-0.15, -0.1) is 0 Å². The van der Waals surface area contributed by atoms with E-state index in [4.69, 9.17) is 5.11 Å². The summed E-state index contributed by atoms with van der Waals surface area (Å²) in [5.41, 5.74) is 0.206. The largest absolute Gasteiger partial charge is 0.481 e. The Hall–Kier alpha value is -2.90. The average molecular weight is 421 g/mol. The summed E-state index contributed by atoms with van der Waals surface area (Å²) in [5.74, 6) is -3.54. The predicted octanol–water partition coefficient (Wildman–Crippen LogP) is 2.24. The second kappa shape index (κ2) is 9.73. The Labute approximate surface area is 177 Å². The van der Waals surface area contributed by atoms with Crippen LogP contribution in [-0.2, 0) is 24.6 Å². The predicted molar refractivity (Wildman–Crippen MR) is 112 cm³/mol. The lowest BCUT2D eigenvalue weighted by Gasteiger charge is -2.34. The van der Waals surface area contributed by atoms with Gasteiger partial charge in [0, 0.05) is 6.42 Å². The first-order valence-corrected chi connectivity index (χ1v) is 9.79. The van der Waals surface area contributed by atoms with E-state index in [1.807, 2.05) is 31.2 Å². The third kappa shape index (κ3) is 6.86. The summed E-state index contributed by atoms with van der Waals surface area (Å²) in [6.45, 7) is 10.7. The second-order valence-corrected chi connectivity index (χ2v) is 9.10. The van der Waals surface area contributed by atoms with Gasteiger partial charge in [0.25, 0.3) is 0 Å². The van der Waals surface area contributed by atoms with E-state index in [0.29, 0.717) is 0 Å². The van der Waals surface area contributed by atoms with Crippen molar-refractivity contribution < 1.29 is 29.4 Å². The lowest BCUT2D eigenvalue weighted by Crippen LogP contribution is -2.59. The molecule has 2 amide bonds. The maximum atomic E-state index is 13.1. The van der Waals surface area contributed by atoms with E-state index in [0.717, 1.165) is 11.1 Å². The van der Waals surface area contributed by atoms with Crippen LogP contribution in [0.3, 0.4) is 0 Å². The number of hydrogen-bond acceptors (Lipinski definition) is 4. The smallest absolute Gasteiger partial charge is 0.326 e. The zero-order valence-corrected chi connectivity index (χ0v) is 18.4. The number of aryl methyl sites for hydroxylation is 1. The van der Waals surface area contributed by atoms with Gasteiger partial charge in [-0.1, -0.05) is 50.6 Å². The monoisotopic (exact) mass is 420 g/mol. The fourth-order valence-electron chi connectivity index (χ4n) is 2.87. The van der Waals surface area contributed by atoms with Crippen LogP contribution in [0.2, 0.25) is 0 Å². The van der Waals surface area contributed by atoms with E-state index in [9.17, 15) is 24.3 Å². The number of carboxylic acid groups (broad SMARTS) is 2.